The molecule has 2 N–H and O–H groups in total. The van der Waals surface area contributed by atoms with Crippen molar-refractivity contribution in [1.29, 1.82) is 0 Å². The minimum absolute atomic E-state index is 0.0446. The summed E-state index contributed by atoms with van der Waals surface area (Å²) in [6, 6.07) is 25.7. The molecule has 0 fully saturated rings. The SMILES string of the molecule is Cc1cc(CNC(=O)c2cc(-c3ccc(C(C)(C)C)cc3)n(Cc3ccccc3)n2)ccc1OC(C)(C)C(=O)O. The minimum Gasteiger partial charge on any atom is -0.478 e. The van der Waals surface area contributed by atoms with E-state index in [1.54, 1.807) is 6.07 Å². The van der Waals surface area contributed by atoms with Crippen molar-refractivity contribution in [3.63, 3.8) is 0 Å². The van der Waals surface area contributed by atoms with Crippen molar-refractivity contribution in [2.45, 2.75) is 65.6 Å². The van der Waals surface area contributed by atoms with Gasteiger partial charge in [-0.2, -0.15) is 5.10 Å². The van der Waals surface area contributed by atoms with Gasteiger partial charge in [0, 0.05) is 6.54 Å². The van der Waals surface area contributed by atoms with Crippen molar-refractivity contribution in [1.82, 2.24) is 15.1 Å². The molecule has 3 aromatic carbocycles. The number of hydrogen-bond acceptors (Lipinski definition) is 4. The van der Waals surface area contributed by atoms with Crippen LogP contribution in [0.15, 0.2) is 78.9 Å². The second-order valence-corrected chi connectivity index (χ2v) is 11.6. The van der Waals surface area contributed by atoms with Gasteiger partial charge in [0.05, 0.1) is 12.2 Å². The van der Waals surface area contributed by atoms with Gasteiger partial charge in [0.15, 0.2) is 11.3 Å². The van der Waals surface area contributed by atoms with Crippen molar-refractivity contribution in [3.05, 3.63) is 107 Å². The highest BCUT2D eigenvalue weighted by molar-refractivity contribution is 5.93. The second-order valence-electron chi connectivity index (χ2n) is 11.6. The zero-order valence-electron chi connectivity index (χ0n) is 24.0. The molecule has 1 aromatic heterocycles. The first-order valence-corrected chi connectivity index (χ1v) is 13.4. The van der Waals surface area contributed by atoms with E-state index in [4.69, 9.17) is 4.74 Å². The Morgan fingerprint density at radius 1 is 0.900 bits per heavy atom. The predicted molar refractivity (Wildman–Crippen MR) is 157 cm³/mol. The van der Waals surface area contributed by atoms with Gasteiger partial charge in [-0.1, -0.05) is 87.5 Å². The molecule has 1 heterocycles. The van der Waals surface area contributed by atoms with Crippen LogP contribution in [-0.4, -0.2) is 32.4 Å². The lowest BCUT2D eigenvalue weighted by Gasteiger charge is -2.23. The molecule has 0 spiro atoms. The van der Waals surface area contributed by atoms with Crippen LogP contribution in [0.25, 0.3) is 11.3 Å². The van der Waals surface area contributed by atoms with Crippen molar-refractivity contribution >= 4 is 11.9 Å². The summed E-state index contributed by atoms with van der Waals surface area (Å²) in [4.78, 5) is 24.6. The lowest BCUT2D eigenvalue weighted by Crippen LogP contribution is -2.38. The quantitative estimate of drug-likeness (QED) is 0.258. The van der Waals surface area contributed by atoms with Crippen molar-refractivity contribution in [2.24, 2.45) is 0 Å². The number of carboxylic acids is 1. The summed E-state index contributed by atoms with van der Waals surface area (Å²) < 4.78 is 7.55. The molecule has 0 aliphatic carbocycles. The van der Waals surface area contributed by atoms with Gasteiger partial charge in [0.25, 0.3) is 5.91 Å². The van der Waals surface area contributed by atoms with E-state index in [2.05, 4.69) is 55.5 Å². The number of carboxylic acid groups (broad SMARTS) is 1. The van der Waals surface area contributed by atoms with Crippen LogP contribution >= 0.6 is 0 Å². The van der Waals surface area contributed by atoms with Crippen molar-refractivity contribution < 1.29 is 19.4 Å². The maximum absolute atomic E-state index is 13.2. The van der Waals surface area contributed by atoms with Crippen molar-refractivity contribution in [2.75, 3.05) is 0 Å². The molecule has 0 saturated carbocycles. The standard InChI is InChI=1S/C33H37N3O4/c1-22-18-24(12-17-29(22)40-33(5,6)31(38)39)20-34-30(37)27-19-28(25-13-15-26(16-14-25)32(2,3)4)36(35-27)21-23-10-8-7-9-11-23/h7-19H,20-21H2,1-6H3,(H,34,37)(H,38,39). The van der Waals surface area contributed by atoms with Gasteiger partial charge in [-0.25, -0.2) is 4.79 Å². The van der Waals surface area contributed by atoms with E-state index in [-0.39, 0.29) is 11.3 Å². The molecular formula is C33H37N3O4. The fraction of sp³-hybridized carbons (Fsp3) is 0.303. The zero-order chi connectivity index (χ0) is 29.1. The molecule has 0 unspecified atom stereocenters. The smallest absolute Gasteiger partial charge is 0.347 e. The lowest BCUT2D eigenvalue weighted by atomic mass is 9.86. The summed E-state index contributed by atoms with van der Waals surface area (Å²) in [5.41, 5.74) is 4.88. The van der Waals surface area contributed by atoms with Gasteiger partial charge in [0.1, 0.15) is 5.75 Å². The molecule has 4 aromatic rings. The maximum Gasteiger partial charge on any atom is 0.347 e. The number of carbonyl (C=O) groups is 2. The number of aromatic nitrogens is 2. The third-order valence-electron chi connectivity index (χ3n) is 6.81. The summed E-state index contributed by atoms with van der Waals surface area (Å²) in [5.74, 6) is -0.826. The van der Waals surface area contributed by atoms with Crippen LogP contribution < -0.4 is 10.1 Å². The third-order valence-corrected chi connectivity index (χ3v) is 6.81. The Balaban J connectivity index is 1.54. The van der Waals surface area contributed by atoms with E-state index in [0.29, 0.717) is 24.5 Å². The van der Waals surface area contributed by atoms with E-state index < -0.39 is 11.6 Å². The van der Waals surface area contributed by atoms with Gasteiger partial charge in [-0.3, -0.25) is 9.48 Å². The van der Waals surface area contributed by atoms with Crippen LogP contribution in [0.4, 0.5) is 0 Å². The van der Waals surface area contributed by atoms with E-state index in [0.717, 1.165) is 27.9 Å². The highest BCUT2D eigenvalue weighted by atomic mass is 16.5. The fourth-order valence-electron chi connectivity index (χ4n) is 4.31. The van der Waals surface area contributed by atoms with Crippen LogP contribution in [0, 0.1) is 6.92 Å². The number of aliphatic carboxylic acids is 1. The molecule has 0 aliphatic rings. The lowest BCUT2D eigenvalue weighted by molar-refractivity contribution is -0.152. The average Bonchev–Trinajstić information content (AvgIpc) is 3.32. The average molecular weight is 540 g/mol. The summed E-state index contributed by atoms with van der Waals surface area (Å²) in [5, 5.41) is 17.0. The number of benzene rings is 3. The summed E-state index contributed by atoms with van der Waals surface area (Å²) in [6.45, 7) is 12.2. The van der Waals surface area contributed by atoms with Gasteiger partial charge in [0.2, 0.25) is 0 Å². The Morgan fingerprint density at radius 3 is 2.17 bits per heavy atom. The number of rotatable bonds is 9. The van der Waals surface area contributed by atoms with Crippen LogP contribution in [0.1, 0.15) is 67.4 Å². The normalized spacial score (nSPS) is 11.8. The molecule has 4 rings (SSSR count). The van der Waals surface area contributed by atoms with E-state index in [1.165, 1.54) is 19.4 Å². The van der Waals surface area contributed by atoms with E-state index >= 15 is 0 Å². The zero-order valence-corrected chi connectivity index (χ0v) is 24.0. The molecule has 0 aliphatic heterocycles. The summed E-state index contributed by atoms with van der Waals surface area (Å²) in [6.07, 6.45) is 0. The fourth-order valence-corrected chi connectivity index (χ4v) is 4.31. The van der Waals surface area contributed by atoms with Gasteiger partial charge in [-0.05, 0) is 66.1 Å². The third kappa shape index (κ3) is 6.78. The highest BCUT2D eigenvalue weighted by Gasteiger charge is 2.30. The first-order chi connectivity index (χ1) is 18.8. The summed E-state index contributed by atoms with van der Waals surface area (Å²) in [7, 11) is 0. The van der Waals surface area contributed by atoms with E-state index in [9.17, 15) is 14.7 Å². The molecule has 0 bridgehead atoms. The highest BCUT2D eigenvalue weighted by Crippen LogP contribution is 2.28. The Kier molecular flexibility index (Phi) is 8.14. The Bertz CT molecular complexity index is 1500. The minimum atomic E-state index is -1.34. The molecule has 7 heteroatoms. The van der Waals surface area contributed by atoms with Gasteiger partial charge in [-0.15, -0.1) is 0 Å². The monoisotopic (exact) mass is 539 g/mol. The second kappa shape index (κ2) is 11.4. The van der Waals surface area contributed by atoms with Crippen LogP contribution in [0.3, 0.4) is 0 Å². The van der Waals surface area contributed by atoms with Crippen LogP contribution in [0.2, 0.25) is 0 Å². The van der Waals surface area contributed by atoms with E-state index in [1.807, 2.05) is 60.1 Å². The molecule has 1 amide bonds. The topological polar surface area (TPSA) is 93.5 Å². The molecule has 208 valence electrons. The number of nitrogens with zero attached hydrogens (tertiary/aromatic N) is 2. The Labute approximate surface area is 235 Å². The van der Waals surface area contributed by atoms with Crippen molar-refractivity contribution in [3.8, 4) is 17.0 Å². The molecule has 0 saturated heterocycles. The van der Waals surface area contributed by atoms with Crippen LogP contribution in [-0.2, 0) is 23.3 Å². The Morgan fingerprint density at radius 2 is 1.57 bits per heavy atom. The number of carbonyl (C=O) groups excluding carboxylic acids is 1. The molecular weight excluding hydrogens is 502 g/mol. The largest absolute Gasteiger partial charge is 0.478 e. The number of aryl methyl sites for hydroxylation is 1. The Hall–Kier alpha value is -4.39. The number of nitrogens with one attached hydrogen (secondary N) is 1. The number of hydrogen-bond donors (Lipinski definition) is 2. The molecule has 7 nitrogen and oxygen atoms in total. The van der Waals surface area contributed by atoms with Crippen LogP contribution in [0.5, 0.6) is 5.75 Å². The first-order valence-electron chi connectivity index (χ1n) is 13.4. The van der Waals surface area contributed by atoms with Gasteiger partial charge >= 0.3 is 5.97 Å². The summed E-state index contributed by atoms with van der Waals surface area (Å²) >= 11 is 0. The molecule has 40 heavy (non-hydrogen) atoms. The molecule has 0 radical (unpaired) electrons. The number of ether oxygens (including phenoxy) is 1. The predicted octanol–water partition coefficient (Wildman–Crippen LogP) is 6.38. The number of amides is 1. The van der Waals surface area contributed by atoms with Gasteiger partial charge < -0.3 is 15.2 Å². The first kappa shape index (κ1) is 28.6. The maximum atomic E-state index is 13.2. The molecule has 0 atom stereocenters.